The Morgan fingerprint density at radius 1 is 0.935 bits per heavy atom. The summed E-state index contributed by atoms with van der Waals surface area (Å²) in [5.41, 5.74) is 4.96. The predicted molar refractivity (Wildman–Crippen MR) is 130 cm³/mol. The van der Waals surface area contributed by atoms with Crippen LogP contribution in [0.1, 0.15) is 24.0 Å². The Balaban J connectivity index is 1.45. The van der Waals surface area contributed by atoms with E-state index in [0.717, 1.165) is 26.1 Å². The quantitative estimate of drug-likeness (QED) is 0.238. The van der Waals surface area contributed by atoms with Crippen molar-refractivity contribution in [3.05, 3.63) is 87.5 Å². The van der Waals surface area contributed by atoms with E-state index in [1.54, 1.807) is 0 Å². The summed E-state index contributed by atoms with van der Waals surface area (Å²) < 4.78 is 6.88. The molecule has 0 saturated heterocycles. The first-order valence-electron chi connectivity index (χ1n) is 9.70. The minimum absolute atomic E-state index is 0.0454. The molecular weight excluding hydrogens is 505 g/mol. The predicted octanol–water partition coefficient (Wildman–Crippen LogP) is 5.26. The molecule has 2 amide bonds. The van der Waals surface area contributed by atoms with Crippen molar-refractivity contribution < 1.29 is 14.3 Å². The lowest BCUT2D eigenvalue weighted by Crippen LogP contribution is -2.20. The molecule has 2 N–H and O–H groups in total. The summed E-state index contributed by atoms with van der Waals surface area (Å²) in [6.45, 7) is 1.93. The number of hydrazone groups is 1. The first kappa shape index (κ1) is 22.5. The van der Waals surface area contributed by atoms with E-state index in [4.69, 9.17) is 4.74 Å². The average molecular weight is 527 g/mol. The van der Waals surface area contributed by atoms with Gasteiger partial charge in [0.1, 0.15) is 11.5 Å². The second-order valence-corrected chi connectivity index (χ2v) is 8.03. The molecule has 6 nitrogen and oxygen atoms in total. The van der Waals surface area contributed by atoms with E-state index < -0.39 is 0 Å². The lowest BCUT2D eigenvalue weighted by atomic mass is 10.2. The summed E-state index contributed by atoms with van der Waals surface area (Å²) in [7, 11) is 0. The summed E-state index contributed by atoms with van der Waals surface area (Å²) >= 11 is 2.22. The van der Waals surface area contributed by atoms with Crippen molar-refractivity contribution in [1.82, 2.24) is 5.43 Å². The van der Waals surface area contributed by atoms with E-state index in [0.29, 0.717) is 5.75 Å². The van der Waals surface area contributed by atoms with Crippen molar-refractivity contribution in [3.8, 4) is 11.5 Å². The van der Waals surface area contributed by atoms with Crippen LogP contribution in [0, 0.1) is 10.5 Å². The standard InChI is InChI=1S/C24H22IN3O3/c1-17-14-19(25)10-11-22(17)27-23(29)12-13-24(30)28-26-16-18-6-5-9-21(15-18)31-20-7-3-2-4-8-20/h2-11,14-16H,12-13H2,1H3,(H,27,29)(H,28,30)/b26-16-. The SMILES string of the molecule is Cc1cc(I)ccc1NC(=O)CCC(=O)N/N=C\c1cccc(Oc2ccccc2)c1. The lowest BCUT2D eigenvalue weighted by molar-refractivity contribution is -0.124. The number of hydrogen-bond acceptors (Lipinski definition) is 4. The Bertz CT molecular complexity index is 1080. The molecule has 0 bridgehead atoms. The first-order chi connectivity index (χ1) is 15.0. The van der Waals surface area contributed by atoms with Gasteiger partial charge in [0, 0.05) is 22.1 Å². The number of carbonyl (C=O) groups excluding carboxylic acids is 2. The largest absolute Gasteiger partial charge is 0.457 e. The number of halogens is 1. The van der Waals surface area contributed by atoms with E-state index in [9.17, 15) is 9.59 Å². The third-order valence-electron chi connectivity index (χ3n) is 4.28. The van der Waals surface area contributed by atoms with Crippen molar-refractivity contribution in [2.24, 2.45) is 5.10 Å². The number of hydrogen-bond donors (Lipinski definition) is 2. The Morgan fingerprint density at radius 3 is 2.45 bits per heavy atom. The monoisotopic (exact) mass is 527 g/mol. The van der Waals surface area contributed by atoms with Gasteiger partial charge in [0.25, 0.3) is 0 Å². The fourth-order valence-corrected chi connectivity index (χ4v) is 3.37. The molecule has 0 aliphatic carbocycles. The zero-order chi connectivity index (χ0) is 22.1. The lowest BCUT2D eigenvalue weighted by Gasteiger charge is -2.08. The summed E-state index contributed by atoms with van der Waals surface area (Å²) in [5, 5.41) is 6.79. The van der Waals surface area contributed by atoms with Gasteiger partial charge in [0.2, 0.25) is 11.8 Å². The topological polar surface area (TPSA) is 79.8 Å². The van der Waals surface area contributed by atoms with Crippen LogP contribution in [0.2, 0.25) is 0 Å². The van der Waals surface area contributed by atoms with Gasteiger partial charge >= 0.3 is 0 Å². The third kappa shape index (κ3) is 7.53. The van der Waals surface area contributed by atoms with Crippen LogP contribution in [0.15, 0.2) is 77.9 Å². The zero-order valence-electron chi connectivity index (χ0n) is 17.0. The normalized spacial score (nSPS) is 10.6. The second-order valence-electron chi connectivity index (χ2n) is 6.79. The fraction of sp³-hybridized carbons (Fsp3) is 0.125. The Labute approximate surface area is 194 Å². The Kier molecular flexibility index (Phi) is 8.17. The van der Waals surface area contributed by atoms with Crippen LogP contribution in [0.3, 0.4) is 0 Å². The van der Waals surface area contributed by atoms with Gasteiger partial charge in [-0.15, -0.1) is 0 Å². The highest BCUT2D eigenvalue weighted by molar-refractivity contribution is 14.1. The number of rotatable bonds is 8. The van der Waals surface area contributed by atoms with Crippen LogP contribution in [0.4, 0.5) is 5.69 Å². The van der Waals surface area contributed by atoms with Gasteiger partial charge in [0.05, 0.1) is 6.21 Å². The molecule has 31 heavy (non-hydrogen) atoms. The van der Waals surface area contributed by atoms with E-state index in [1.807, 2.05) is 79.7 Å². The number of para-hydroxylation sites is 1. The Morgan fingerprint density at radius 2 is 1.68 bits per heavy atom. The molecule has 3 aromatic rings. The molecule has 0 aromatic heterocycles. The van der Waals surface area contributed by atoms with Gasteiger partial charge in [-0.25, -0.2) is 5.43 Å². The first-order valence-corrected chi connectivity index (χ1v) is 10.8. The molecule has 0 fully saturated rings. The van der Waals surface area contributed by atoms with E-state index >= 15 is 0 Å². The van der Waals surface area contributed by atoms with Gasteiger partial charge in [-0.2, -0.15) is 5.10 Å². The second kappa shape index (κ2) is 11.3. The number of carbonyl (C=O) groups is 2. The van der Waals surface area contributed by atoms with Crippen molar-refractivity contribution >= 4 is 46.3 Å². The van der Waals surface area contributed by atoms with Crippen LogP contribution in [0.5, 0.6) is 11.5 Å². The highest BCUT2D eigenvalue weighted by Gasteiger charge is 2.08. The molecule has 0 saturated carbocycles. The summed E-state index contributed by atoms with van der Waals surface area (Å²) in [4.78, 5) is 24.1. The minimum Gasteiger partial charge on any atom is -0.457 e. The van der Waals surface area contributed by atoms with Crippen molar-refractivity contribution in [2.45, 2.75) is 19.8 Å². The number of nitrogens with one attached hydrogen (secondary N) is 2. The van der Waals surface area contributed by atoms with Crippen molar-refractivity contribution in [1.29, 1.82) is 0 Å². The average Bonchev–Trinajstić information content (AvgIpc) is 2.75. The number of benzene rings is 3. The summed E-state index contributed by atoms with van der Waals surface area (Å²) in [6, 6.07) is 22.6. The van der Waals surface area contributed by atoms with Crippen LogP contribution in [-0.4, -0.2) is 18.0 Å². The molecule has 0 aliphatic rings. The van der Waals surface area contributed by atoms with Crippen LogP contribution in [0.25, 0.3) is 0 Å². The molecule has 0 atom stereocenters. The van der Waals surface area contributed by atoms with Gasteiger partial charge in [-0.05, 0) is 83.1 Å². The van der Waals surface area contributed by atoms with Crippen molar-refractivity contribution in [3.63, 3.8) is 0 Å². The highest BCUT2D eigenvalue weighted by Crippen LogP contribution is 2.21. The molecule has 0 unspecified atom stereocenters. The molecular formula is C24H22IN3O3. The zero-order valence-corrected chi connectivity index (χ0v) is 19.1. The van der Waals surface area contributed by atoms with E-state index in [-0.39, 0.29) is 24.7 Å². The highest BCUT2D eigenvalue weighted by atomic mass is 127. The van der Waals surface area contributed by atoms with Gasteiger partial charge < -0.3 is 10.1 Å². The maximum absolute atomic E-state index is 12.1. The molecule has 3 rings (SSSR count). The number of aryl methyl sites for hydroxylation is 1. The van der Waals surface area contributed by atoms with Crippen LogP contribution in [-0.2, 0) is 9.59 Å². The van der Waals surface area contributed by atoms with Gasteiger partial charge in [-0.1, -0.05) is 30.3 Å². The van der Waals surface area contributed by atoms with E-state index in [2.05, 4.69) is 38.4 Å². The fourth-order valence-electron chi connectivity index (χ4n) is 2.72. The minimum atomic E-state index is -0.331. The van der Waals surface area contributed by atoms with Crippen molar-refractivity contribution in [2.75, 3.05) is 5.32 Å². The molecule has 0 radical (unpaired) electrons. The van der Waals surface area contributed by atoms with Crippen LogP contribution < -0.4 is 15.5 Å². The number of anilines is 1. The maximum Gasteiger partial charge on any atom is 0.240 e. The summed E-state index contributed by atoms with van der Waals surface area (Å²) in [5.74, 6) is 0.865. The third-order valence-corrected chi connectivity index (χ3v) is 4.95. The molecule has 0 heterocycles. The van der Waals surface area contributed by atoms with Gasteiger partial charge in [0.15, 0.2) is 0 Å². The number of amides is 2. The molecule has 3 aromatic carbocycles. The smallest absolute Gasteiger partial charge is 0.240 e. The molecule has 7 heteroatoms. The Hall–Kier alpha value is -3.20. The molecule has 158 valence electrons. The van der Waals surface area contributed by atoms with Gasteiger partial charge in [-0.3, -0.25) is 9.59 Å². The number of nitrogens with zero attached hydrogens (tertiary/aromatic N) is 1. The van der Waals surface area contributed by atoms with Crippen LogP contribution >= 0.6 is 22.6 Å². The molecule has 0 spiro atoms. The molecule has 0 aliphatic heterocycles. The van der Waals surface area contributed by atoms with E-state index in [1.165, 1.54) is 6.21 Å². The maximum atomic E-state index is 12.1. The summed E-state index contributed by atoms with van der Waals surface area (Å²) in [6.07, 6.45) is 1.65. The number of ether oxygens (including phenoxy) is 1.